The van der Waals surface area contributed by atoms with Crippen LogP contribution in [0.1, 0.15) is 12.5 Å². The first-order chi connectivity index (χ1) is 11.7. The Morgan fingerprint density at radius 1 is 1.12 bits per heavy atom. The highest BCUT2D eigenvalue weighted by Crippen LogP contribution is 2.40. The molecule has 25 heavy (non-hydrogen) atoms. The van der Waals surface area contributed by atoms with Crippen LogP contribution in [0.2, 0.25) is 0 Å². The summed E-state index contributed by atoms with van der Waals surface area (Å²) in [4.78, 5) is 25.0. The van der Waals surface area contributed by atoms with Crippen LogP contribution in [-0.4, -0.2) is 18.9 Å². The average Bonchev–Trinajstić information content (AvgIpc) is 3.11. The molecule has 0 fully saturated rings. The van der Waals surface area contributed by atoms with Gasteiger partial charge in [-0.15, -0.1) is 0 Å². The van der Waals surface area contributed by atoms with E-state index in [2.05, 4.69) is 0 Å². The Kier molecular flexibility index (Phi) is 3.90. The maximum Gasteiger partial charge on any atom is 0.416 e. The Hall–Kier alpha value is -3.03. The summed E-state index contributed by atoms with van der Waals surface area (Å²) in [7, 11) is 1.37. The Morgan fingerprint density at radius 2 is 1.84 bits per heavy atom. The predicted molar refractivity (Wildman–Crippen MR) is 81.9 cm³/mol. The number of anilines is 1. The lowest BCUT2D eigenvalue weighted by Gasteiger charge is -2.19. The molecule has 0 aliphatic carbocycles. The zero-order valence-electron chi connectivity index (χ0n) is 13.2. The molecule has 0 radical (unpaired) electrons. The molecule has 2 amide bonds. The minimum Gasteiger partial charge on any atom is -0.468 e. The summed E-state index contributed by atoms with van der Waals surface area (Å²) in [5, 5.41) is 0. The summed E-state index contributed by atoms with van der Waals surface area (Å²) < 4.78 is 49.5. The van der Waals surface area contributed by atoms with Gasteiger partial charge in [-0.05, 0) is 31.2 Å². The van der Waals surface area contributed by atoms with Crippen molar-refractivity contribution in [1.29, 1.82) is 0 Å². The second kappa shape index (κ2) is 5.80. The lowest BCUT2D eigenvalue weighted by molar-refractivity contribution is -0.137. The van der Waals surface area contributed by atoms with Crippen molar-refractivity contribution in [3.8, 4) is 17.3 Å². The number of nitrogens with zero attached hydrogens (tertiary/aromatic N) is 1. The SMILES string of the molecule is COc1ccc(-c2ccc(C(F)(F)F)cc2N2C(=O)C=C(C)C2=O)o1. The number of furan rings is 1. The smallest absolute Gasteiger partial charge is 0.416 e. The van der Waals surface area contributed by atoms with E-state index in [1.165, 1.54) is 26.2 Å². The van der Waals surface area contributed by atoms with Crippen molar-refractivity contribution in [2.75, 3.05) is 12.0 Å². The highest BCUT2D eigenvalue weighted by Gasteiger charge is 2.36. The monoisotopic (exact) mass is 351 g/mol. The van der Waals surface area contributed by atoms with Gasteiger partial charge >= 0.3 is 6.18 Å². The first-order valence-electron chi connectivity index (χ1n) is 7.14. The van der Waals surface area contributed by atoms with Gasteiger partial charge in [0.15, 0.2) is 0 Å². The molecule has 0 saturated heterocycles. The summed E-state index contributed by atoms with van der Waals surface area (Å²) in [6.45, 7) is 1.42. The second-order valence-corrected chi connectivity index (χ2v) is 5.36. The van der Waals surface area contributed by atoms with Gasteiger partial charge in [-0.2, -0.15) is 13.2 Å². The molecule has 0 spiro atoms. The molecule has 2 heterocycles. The molecule has 3 rings (SSSR count). The van der Waals surface area contributed by atoms with E-state index in [0.29, 0.717) is 4.90 Å². The number of imide groups is 1. The number of alkyl halides is 3. The zero-order valence-corrected chi connectivity index (χ0v) is 13.2. The van der Waals surface area contributed by atoms with Crippen molar-refractivity contribution >= 4 is 17.5 Å². The molecule has 0 bridgehead atoms. The highest BCUT2D eigenvalue weighted by molar-refractivity contribution is 6.31. The van der Waals surface area contributed by atoms with Crippen LogP contribution in [-0.2, 0) is 15.8 Å². The third-order valence-electron chi connectivity index (χ3n) is 3.71. The summed E-state index contributed by atoms with van der Waals surface area (Å²) in [5.74, 6) is -1.06. The number of hydrogen-bond acceptors (Lipinski definition) is 4. The van der Waals surface area contributed by atoms with Gasteiger partial charge in [-0.25, -0.2) is 4.90 Å². The maximum atomic E-state index is 13.1. The third-order valence-corrected chi connectivity index (χ3v) is 3.71. The molecule has 2 aromatic rings. The largest absolute Gasteiger partial charge is 0.468 e. The van der Waals surface area contributed by atoms with Gasteiger partial charge in [0, 0.05) is 23.3 Å². The van der Waals surface area contributed by atoms with Crippen LogP contribution in [0.15, 0.2) is 46.4 Å². The van der Waals surface area contributed by atoms with Gasteiger partial charge in [0.25, 0.3) is 17.8 Å². The number of carbonyl (C=O) groups excluding carboxylic acids is 2. The molecule has 0 unspecified atom stereocenters. The van der Waals surface area contributed by atoms with Crippen molar-refractivity contribution in [3.63, 3.8) is 0 Å². The van der Waals surface area contributed by atoms with Crippen LogP contribution in [0, 0.1) is 0 Å². The number of benzene rings is 1. The van der Waals surface area contributed by atoms with Crippen molar-refractivity contribution in [3.05, 3.63) is 47.5 Å². The third kappa shape index (κ3) is 2.90. The van der Waals surface area contributed by atoms with E-state index in [9.17, 15) is 22.8 Å². The molecule has 5 nitrogen and oxygen atoms in total. The first kappa shape index (κ1) is 16.8. The first-order valence-corrected chi connectivity index (χ1v) is 7.14. The Balaban J connectivity index is 2.19. The van der Waals surface area contributed by atoms with Crippen molar-refractivity contribution in [2.24, 2.45) is 0 Å². The lowest BCUT2D eigenvalue weighted by Crippen LogP contribution is -2.31. The van der Waals surface area contributed by atoms with Crippen LogP contribution >= 0.6 is 0 Å². The average molecular weight is 351 g/mol. The number of ether oxygens (including phenoxy) is 1. The standard InChI is InChI=1S/C17H12F3NO4/c1-9-7-14(22)21(16(9)23)12-8-10(17(18,19)20)3-4-11(12)13-5-6-15(24-2)25-13/h3-8H,1-2H3. The Morgan fingerprint density at radius 3 is 2.36 bits per heavy atom. The lowest BCUT2D eigenvalue weighted by atomic mass is 10.1. The zero-order chi connectivity index (χ0) is 18.4. The van der Waals surface area contributed by atoms with Gasteiger partial charge in [0.1, 0.15) is 5.76 Å². The normalized spacial score (nSPS) is 14.9. The van der Waals surface area contributed by atoms with Crippen molar-refractivity contribution in [2.45, 2.75) is 13.1 Å². The summed E-state index contributed by atoms with van der Waals surface area (Å²) in [5.41, 5.74) is -0.865. The van der Waals surface area contributed by atoms with Gasteiger partial charge < -0.3 is 9.15 Å². The molecule has 1 aromatic heterocycles. The number of halogens is 3. The van der Waals surface area contributed by atoms with E-state index in [-0.39, 0.29) is 28.5 Å². The molecule has 8 heteroatoms. The Labute approximate surface area is 140 Å². The fraction of sp³-hybridized carbons (Fsp3) is 0.176. The molecule has 0 atom stereocenters. The number of hydrogen-bond donors (Lipinski definition) is 0. The van der Waals surface area contributed by atoms with E-state index < -0.39 is 23.6 Å². The number of carbonyl (C=O) groups is 2. The minimum absolute atomic E-state index is 0.144. The van der Waals surface area contributed by atoms with Crippen LogP contribution in [0.4, 0.5) is 18.9 Å². The molecule has 130 valence electrons. The van der Waals surface area contributed by atoms with E-state index in [1.807, 2.05) is 0 Å². The number of rotatable bonds is 3. The fourth-order valence-corrected chi connectivity index (χ4v) is 2.49. The van der Waals surface area contributed by atoms with Gasteiger partial charge in [0.05, 0.1) is 18.4 Å². The van der Waals surface area contributed by atoms with Crippen molar-refractivity contribution in [1.82, 2.24) is 0 Å². The van der Waals surface area contributed by atoms with E-state index in [0.717, 1.165) is 24.3 Å². The van der Waals surface area contributed by atoms with E-state index >= 15 is 0 Å². The predicted octanol–water partition coefficient (Wildman–Crippen LogP) is 3.79. The van der Waals surface area contributed by atoms with Gasteiger partial charge in [-0.1, -0.05) is 0 Å². The highest BCUT2D eigenvalue weighted by atomic mass is 19.4. The Bertz CT molecular complexity index is 896. The molecule has 1 aliphatic heterocycles. The summed E-state index contributed by atoms with van der Waals surface area (Å²) in [6, 6.07) is 5.74. The molecule has 1 aromatic carbocycles. The molecular formula is C17H12F3NO4. The molecular weight excluding hydrogens is 339 g/mol. The molecule has 0 N–H and O–H groups in total. The number of amides is 2. The van der Waals surface area contributed by atoms with Crippen LogP contribution in [0.25, 0.3) is 11.3 Å². The maximum absolute atomic E-state index is 13.1. The van der Waals surface area contributed by atoms with E-state index in [4.69, 9.17) is 9.15 Å². The molecule has 1 aliphatic rings. The minimum atomic E-state index is -4.62. The van der Waals surface area contributed by atoms with Gasteiger partial charge in [-0.3, -0.25) is 9.59 Å². The topological polar surface area (TPSA) is 59.8 Å². The summed E-state index contributed by atoms with van der Waals surface area (Å²) >= 11 is 0. The van der Waals surface area contributed by atoms with Crippen LogP contribution in [0.5, 0.6) is 5.95 Å². The second-order valence-electron chi connectivity index (χ2n) is 5.36. The molecule has 0 saturated carbocycles. The van der Waals surface area contributed by atoms with E-state index in [1.54, 1.807) is 0 Å². The fourth-order valence-electron chi connectivity index (χ4n) is 2.49. The van der Waals surface area contributed by atoms with Crippen molar-refractivity contribution < 1.29 is 31.9 Å². The quantitative estimate of drug-likeness (QED) is 0.790. The van der Waals surface area contributed by atoms with Crippen LogP contribution in [0.3, 0.4) is 0 Å². The van der Waals surface area contributed by atoms with Gasteiger partial charge in [0.2, 0.25) is 0 Å². The summed E-state index contributed by atoms with van der Waals surface area (Å²) in [6.07, 6.45) is -3.54. The van der Waals surface area contributed by atoms with Crippen LogP contribution < -0.4 is 9.64 Å². The number of methoxy groups -OCH3 is 1.